The van der Waals surface area contributed by atoms with Crippen LogP contribution in [0.2, 0.25) is 15.1 Å². The molecule has 156 valence electrons. The van der Waals surface area contributed by atoms with Crippen molar-refractivity contribution in [2.24, 2.45) is 5.92 Å². The van der Waals surface area contributed by atoms with Gasteiger partial charge in [0.25, 0.3) is 0 Å². The van der Waals surface area contributed by atoms with Crippen LogP contribution in [0.4, 0.5) is 0 Å². The maximum Gasteiger partial charge on any atom is 0.242 e. The van der Waals surface area contributed by atoms with Gasteiger partial charge in [-0.15, -0.1) is 0 Å². The van der Waals surface area contributed by atoms with Gasteiger partial charge in [-0.2, -0.15) is 0 Å². The van der Waals surface area contributed by atoms with E-state index in [-0.39, 0.29) is 24.8 Å². The summed E-state index contributed by atoms with van der Waals surface area (Å²) in [7, 11) is 0. The predicted octanol–water partition coefficient (Wildman–Crippen LogP) is 5.38. The molecule has 0 unspecified atom stereocenters. The molecular weight excluding hydrogens is 431 g/mol. The van der Waals surface area contributed by atoms with Gasteiger partial charge < -0.3 is 10.2 Å². The zero-order valence-corrected chi connectivity index (χ0v) is 19.0. The lowest BCUT2D eigenvalue weighted by atomic mass is 10.1. The number of hydrogen-bond acceptors (Lipinski definition) is 2. The Kier molecular flexibility index (Phi) is 8.81. The topological polar surface area (TPSA) is 49.4 Å². The van der Waals surface area contributed by atoms with Crippen LogP contribution in [0.3, 0.4) is 0 Å². The van der Waals surface area contributed by atoms with Gasteiger partial charge in [-0.25, -0.2) is 0 Å². The average Bonchev–Trinajstić information content (AvgIpc) is 2.67. The van der Waals surface area contributed by atoms with Crippen LogP contribution in [-0.4, -0.2) is 29.3 Å². The van der Waals surface area contributed by atoms with E-state index in [1.165, 1.54) is 0 Å². The molecule has 1 N–H and O–H groups in total. The highest BCUT2D eigenvalue weighted by atomic mass is 35.5. The fraction of sp³-hybridized carbons (Fsp3) is 0.364. The van der Waals surface area contributed by atoms with E-state index in [1.807, 2.05) is 26.0 Å². The van der Waals surface area contributed by atoms with Crippen LogP contribution in [0.25, 0.3) is 0 Å². The van der Waals surface area contributed by atoms with E-state index in [9.17, 15) is 9.59 Å². The highest BCUT2D eigenvalue weighted by Crippen LogP contribution is 2.23. The lowest BCUT2D eigenvalue weighted by Gasteiger charge is -2.29. The summed E-state index contributed by atoms with van der Waals surface area (Å²) in [5.41, 5.74) is 1.55. The Morgan fingerprint density at radius 2 is 1.59 bits per heavy atom. The molecule has 2 rings (SSSR count). The van der Waals surface area contributed by atoms with Gasteiger partial charge in [-0.1, -0.05) is 66.8 Å². The molecule has 0 saturated heterocycles. The zero-order chi connectivity index (χ0) is 21.6. The number of rotatable bonds is 8. The van der Waals surface area contributed by atoms with E-state index in [0.29, 0.717) is 33.1 Å². The van der Waals surface area contributed by atoms with Crippen LogP contribution in [0.15, 0.2) is 42.5 Å². The first-order valence-electron chi connectivity index (χ1n) is 9.43. The van der Waals surface area contributed by atoms with Crippen molar-refractivity contribution in [2.75, 3.05) is 6.54 Å². The lowest BCUT2D eigenvalue weighted by Crippen LogP contribution is -2.48. The van der Waals surface area contributed by atoms with E-state index < -0.39 is 6.04 Å². The van der Waals surface area contributed by atoms with E-state index in [1.54, 1.807) is 42.2 Å². The monoisotopic (exact) mass is 454 g/mol. The Balaban J connectivity index is 2.23. The van der Waals surface area contributed by atoms with E-state index in [2.05, 4.69) is 5.32 Å². The molecule has 0 aliphatic heterocycles. The number of carbonyl (C=O) groups is 2. The zero-order valence-electron chi connectivity index (χ0n) is 16.7. The summed E-state index contributed by atoms with van der Waals surface area (Å²) in [5.74, 6) is -0.0703. The average molecular weight is 456 g/mol. The van der Waals surface area contributed by atoms with Crippen molar-refractivity contribution in [3.63, 3.8) is 0 Å². The second-order valence-corrected chi connectivity index (χ2v) is 8.66. The van der Waals surface area contributed by atoms with Gasteiger partial charge in [0.05, 0.1) is 6.42 Å². The van der Waals surface area contributed by atoms with Gasteiger partial charge in [0.2, 0.25) is 11.8 Å². The van der Waals surface area contributed by atoms with Crippen LogP contribution in [0.1, 0.15) is 31.9 Å². The maximum atomic E-state index is 13.1. The molecular formula is C22H25Cl3N2O2. The molecule has 2 aromatic carbocycles. The second kappa shape index (κ2) is 10.9. The Bertz CT molecular complexity index is 854. The van der Waals surface area contributed by atoms with Gasteiger partial charge in [0, 0.05) is 28.2 Å². The maximum absolute atomic E-state index is 13.1. The fourth-order valence-electron chi connectivity index (χ4n) is 2.75. The van der Waals surface area contributed by atoms with Gasteiger partial charge >= 0.3 is 0 Å². The van der Waals surface area contributed by atoms with Gasteiger partial charge in [0.1, 0.15) is 6.04 Å². The Labute approximate surface area is 187 Å². The largest absolute Gasteiger partial charge is 0.354 e. The third-order valence-electron chi connectivity index (χ3n) is 4.47. The molecule has 29 heavy (non-hydrogen) atoms. The molecule has 0 aliphatic carbocycles. The number of nitrogens with one attached hydrogen (secondary N) is 1. The molecule has 4 nitrogen and oxygen atoms in total. The third-order valence-corrected chi connectivity index (χ3v) is 5.31. The van der Waals surface area contributed by atoms with Crippen LogP contribution < -0.4 is 5.32 Å². The predicted molar refractivity (Wildman–Crippen MR) is 119 cm³/mol. The van der Waals surface area contributed by atoms with Crippen LogP contribution in [0, 0.1) is 5.92 Å². The summed E-state index contributed by atoms with van der Waals surface area (Å²) >= 11 is 18.1. The number of carbonyl (C=O) groups excluding carboxylic acids is 2. The molecule has 0 bridgehead atoms. The molecule has 0 saturated carbocycles. The number of hydrogen-bond donors (Lipinski definition) is 1. The minimum absolute atomic E-state index is 0.0748. The number of nitrogens with zero attached hydrogens (tertiary/aromatic N) is 1. The van der Waals surface area contributed by atoms with Gasteiger partial charge in [-0.05, 0) is 48.2 Å². The molecule has 0 spiro atoms. The molecule has 0 aliphatic rings. The highest BCUT2D eigenvalue weighted by molar-refractivity contribution is 6.35. The summed E-state index contributed by atoms with van der Waals surface area (Å²) in [6.45, 7) is 6.60. The van der Waals surface area contributed by atoms with Crippen molar-refractivity contribution in [3.8, 4) is 0 Å². The summed E-state index contributed by atoms with van der Waals surface area (Å²) in [6, 6.07) is 11.6. The smallest absolute Gasteiger partial charge is 0.242 e. The third kappa shape index (κ3) is 7.22. The number of benzene rings is 2. The fourth-order valence-corrected chi connectivity index (χ4v) is 3.35. The second-order valence-electron chi connectivity index (χ2n) is 7.38. The van der Waals surface area contributed by atoms with E-state index in [0.717, 1.165) is 5.56 Å². The minimum Gasteiger partial charge on any atom is -0.354 e. The van der Waals surface area contributed by atoms with E-state index in [4.69, 9.17) is 34.8 Å². The summed E-state index contributed by atoms with van der Waals surface area (Å²) in [4.78, 5) is 27.3. The molecule has 0 heterocycles. The summed E-state index contributed by atoms with van der Waals surface area (Å²) in [6.07, 6.45) is 0.0748. The molecule has 0 radical (unpaired) electrons. The minimum atomic E-state index is -0.636. The molecule has 7 heteroatoms. The lowest BCUT2D eigenvalue weighted by molar-refractivity contribution is -0.140. The molecule has 2 amide bonds. The van der Waals surface area contributed by atoms with Crippen molar-refractivity contribution in [3.05, 3.63) is 68.7 Å². The molecule has 1 atom stereocenters. The Morgan fingerprint density at radius 3 is 2.17 bits per heavy atom. The first-order valence-corrected chi connectivity index (χ1v) is 10.6. The highest BCUT2D eigenvalue weighted by Gasteiger charge is 2.26. The van der Waals surface area contributed by atoms with Crippen LogP contribution >= 0.6 is 34.8 Å². The van der Waals surface area contributed by atoms with Gasteiger partial charge in [0.15, 0.2) is 0 Å². The summed E-state index contributed by atoms with van der Waals surface area (Å²) < 4.78 is 0. The van der Waals surface area contributed by atoms with Crippen LogP contribution in [0.5, 0.6) is 0 Å². The van der Waals surface area contributed by atoms with Crippen molar-refractivity contribution in [1.29, 1.82) is 0 Å². The van der Waals surface area contributed by atoms with Crippen molar-refractivity contribution < 1.29 is 9.59 Å². The molecule has 2 aromatic rings. The SMILES string of the molecule is CC(C)CNC(=O)[C@H](C)N(Cc1ccc(Cl)cc1)C(=O)Cc1ccc(Cl)cc1Cl. The van der Waals surface area contributed by atoms with Crippen molar-refractivity contribution in [2.45, 2.75) is 39.8 Å². The quantitative estimate of drug-likeness (QED) is 0.581. The van der Waals surface area contributed by atoms with Crippen molar-refractivity contribution in [1.82, 2.24) is 10.2 Å². The molecule has 0 aromatic heterocycles. The van der Waals surface area contributed by atoms with E-state index >= 15 is 0 Å². The Morgan fingerprint density at radius 1 is 0.966 bits per heavy atom. The first-order chi connectivity index (χ1) is 13.7. The normalized spacial score (nSPS) is 12.0. The number of amides is 2. The van der Waals surface area contributed by atoms with Crippen molar-refractivity contribution >= 4 is 46.6 Å². The van der Waals surface area contributed by atoms with Gasteiger partial charge in [-0.3, -0.25) is 9.59 Å². The molecule has 0 fully saturated rings. The number of halogens is 3. The Hall–Kier alpha value is -1.75. The summed E-state index contributed by atoms with van der Waals surface area (Å²) in [5, 5.41) is 4.44. The van der Waals surface area contributed by atoms with Crippen LogP contribution in [-0.2, 0) is 22.6 Å². The first kappa shape index (κ1) is 23.5. The standard InChI is InChI=1S/C22H25Cl3N2O2/c1-14(2)12-26-22(29)15(3)27(13-16-4-7-18(23)8-5-16)21(28)10-17-6-9-19(24)11-20(17)25/h4-9,11,14-15H,10,12-13H2,1-3H3,(H,26,29)/t15-/m0/s1.